The molecule has 0 aliphatic carbocycles. The standard InChI is InChI=1S/C26H18FNO3/c27-23-21(24(29)18-10-4-1-5-11-18)16-17-22(25(23)31-20-14-8-3-9-15-20)26(30)28-19-12-6-2-7-13-19/h1-17H,(H,28,30). The van der Waals surface area contributed by atoms with Crippen LogP contribution in [0.2, 0.25) is 0 Å². The molecule has 0 heterocycles. The molecular weight excluding hydrogens is 393 g/mol. The molecule has 5 heteroatoms. The smallest absolute Gasteiger partial charge is 0.259 e. The molecule has 4 nitrogen and oxygen atoms in total. The third-order valence-corrected chi connectivity index (χ3v) is 4.62. The predicted octanol–water partition coefficient (Wildman–Crippen LogP) is 6.10. The Labute approximate surface area is 178 Å². The molecule has 0 spiro atoms. The number of rotatable bonds is 6. The molecule has 0 aromatic heterocycles. The average molecular weight is 411 g/mol. The van der Waals surface area contributed by atoms with Crippen LogP contribution in [0.15, 0.2) is 103 Å². The second-order valence-corrected chi connectivity index (χ2v) is 6.73. The monoisotopic (exact) mass is 411 g/mol. The molecule has 31 heavy (non-hydrogen) atoms. The van der Waals surface area contributed by atoms with Gasteiger partial charge in [0.25, 0.3) is 5.91 Å². The largest absolute Gasteiger partial charge is 0.453 e. The highest BCUT2D eigenvalue weighted by Crippen LogP contribution is 2.32. The number of ether oxygens (including phenoxy) is 1. The summed E-state index contributed by atoms with van der Waals surface area (Å²) in [6.07, 6.45) is 0. The summed E-state index contributed by atoms with van der Waals surface area (Å²) in [4.78, 5) is 25.7. The molecule has 0 bridgehead atoms. The first-order valence-corrected chi connectivity index (χ1v) is 9.65. The molecule has 1 N–H and O–H groups in total. The van der Waals surface area contributed by atoms with E-state index in [1.54, 1.807) is 84.9 Å². The van der Waals surface area contributed by atoms with Gasteiger partial charge in [0.05, 0.1) is 11.1 Å². The van der Waals surface area contributed by atoms with E-state index < -0.39 is 17.5 Å². The fourth-order valence-corrected chi connectivity index (χ4v) is 3.08. The molecule has 0 unspecified atom stereocenters. The summed E-state index contributed by atoms with van der Waals surface area (Å²) in [5.74, 6) is -1.89. The minimum absolute atomic E-state index is 0.0187. The number of benzene rings is 4. The van der Waals surface area contributed by atoms with Gasteiger partial charge in [-0.05, 0) is 36.4 Å². The van der Waals surface area contributed by atoms with Crippen molar-refractivity contribution in [1.82, 2.24) is 0 Å². The summed E-state index contributed by atoms with van der Waals surface area (Å²) < 4.78 is 21.3. The third-order valence-electron chi connectivity index (χ3n) is 4.62. The SMILES string of the molecule is O=C(c1ccccc1)c1ccc(C(=O)Nc2ccccc2)c(Oc2ccccc2)c1F. The Bertz CT molecular complexity index is 1210. The van der Waals surface area contributed by atoms with Crippen molar-refractivity contribution >= 4 is 17.4 Å². The van der Waals surface area contributed by atoms with Gasteiger partial charge in [0.2, 0.25) is 0 Å². The van der Waals surface area contributed by atoms with Gasteiger partial charge in [0.1, 0.15) is 5.75 Å². The van der Waals surface area contributed by atoms with Crippen LogP contribution in [0, 0.1) is 5.82 Å². The van der Waals surface area contributed by atoms with E-state index in [4.69, 9.17) is 4.74 Å². The summed E-state index contributed by atoms with van der Waals surface area (Å²) in [7, 11) is 0. The van der Waals surface area contributed by atoms with Crippen LogP contribution in [0.1, 0.15) is 26.3 Å². The van der Waals surface area contributed by atoms with E-state index >= 15 is 4.39 Å². The van der Waals surface area contributed by atoms with E-state index in [1.165, 1.54) is 12.1 Å². The molecule has 0 saturated carbocycles. The Morgan fingerprint density at radius 2 is 1.23 bits per heavy atom. The number of hydrogen-bond donors (Lipinski definition) is 1. The number of carbonyl (C=O) groups is 2. The highest BCUT2D eigenvalue weighted by Gasteiger charge is 2.24. The summed E-state index contributed by atoms with van der Waals surface area (Å²) >= 11 is 0. The Morgan fingerprint density at radius 1 is 0.677 bits per heavy atom. The third kappa shape index (κ3) is 4.51. The minimum atomic E-state index is -0.890. The molecule has 0 fully saturated rings. The summed E-state index contributed by atoms with van der Waals surface area (Å²) in [6, 6.07) is 28.5. The van der Waals surface area contributed by atoms with Gasteiger partial charge in [0, 0.05) is 11.3 Å². The lowest BCUT2D eigenvalue weighted by Gasteiger charge is -2.15. The van der Waals surface area contributed by atoms with Gasteiger partial charge in [-0.2, -0.15) is 0 Å². The summed E-state index contributed by atoms with van der Waals surface area (Å²) in [5.41, 5.74) is 0.708. The second kappa shape index (κ2) is 9.05. The second-order valence-electron chi connectivity index (χ2n) is 6.73. The highest BCUT2D eigenvalue weighted by molar-refractivity contribution is 6.11. The van der Waals surface area contributed by atoms with Gasteiger partial charge in [-0.15, -0.1) is 0 Å². The van der Waals surface area contributed by atoms with Crippen LogP contribution in [0.25, 0.3) is 0 Å². The van der Waals surface area contributed by atoms with Gasteiger partial charge in [-0.3, -0.25) is 9.59 Å². The van der Waals surface area contributed by atoms with Gasteiger partial charge in [-0.25, -0.2) is 4.39 Å². The summed E-state index contributed by atoms with van der Waals surface area (Å²) in [5, 5.41) is 2.72. The van der Waals surface area contributed by atoms with Crippen molar-refractivity contribution in [3.63, 3.8) is 0 Å². The Hall–Kier alpha value is -4.25. The molecule has 0 aliphatic rings. The maximum Gasteiger partial charge on any atom is 0.259 e. The molecule has 4 aromatic rings. The van der Waals surface area contributed by atoms with E-state index in [2.05, 4.69) is 5.32 Å². The van der Waals surface area contributed by atoms with Gasteiger partial charge < -0.3 is 10.1 Å². The van der Waals surface area contributed by atoms with Crippen molar-refractivity contribution < 1.29 is 18.7 Å². The fraction of sp³-hybridized carbons (Fsp3) is 0. The van der Waals surface area contributed by atoms with E-state index in [0.717, 1.165) is 0 Å². The van der Waals surface area contributed by atoms with Crippen LogP contribution in [-0.2, 0) is 0 Å². The molecule has 4 aromatic carbocycles. The number of ketones is 1. The number of para-hydroxylation sites is 2. The zero-order valence-electron chi connectivity index (χ0n) is 16.4. The van der Waals surface area contributed by atoms with Crippen molar-refractivity contribution in [2.45, 2.75) is 0 Å². The van der Waals surface area contributed by atoms with Crippen LogP contribution >= 0.6 is 0 Å². The molecule has 0 saturated heterocycles. The van der Waals surface area contributed by atoms with Crippen LogP contribution in [-0.4, -0.2) is 11.7 Å². The summed E-state index contributed by atoms with van der Waals surface area (Å²) in [6.45, 7) is 0. The van der Waals surface area contributed by atoms with Crippen molar-refractivity contribution in [3.8, 4) is 11.5 Å². The Morgan fingerprint density at radius 3 is 1.87 bits per heavy atom. The van der Waals surface area contributed by atoms with E-state index in [-0.39, 0.29) is 16.9 Å². The normalized spacial score (nSPS) is 10.4. The van der Waals surface area contributed by atoms with Gasteiger partial charge in [0.15, 0.2) is 17.3 Å². The predicted molar refractivity (Wildman–Crippen MR) is 117 cm³/mol. The number of carbonyl (C=O) groups excluding carboxylic acids is 2. The lowest BCUT2D eigenvalue weighted by molar-refractivity contribution is 0.101. The zero-order valence-corrected chi connectivity index (χ0v) is 16.4. The van der Waals surface area contributed by atoms with Crippen LogP contribution in [0.4, 0.5) is 10.1 Å². The molecule has 0 radical (unpaired) electrons. The van der Waals surface area contributed by atoms with Crippen LogP contribution in [0.3, 0.4) is 0 Å². The number of halogens is 1. The van der Waals surface area contributed by atoms with E-state index in [0.29, 0.717) is 17.0 Å². The Kier molecular flexibility index (Phi) is 5.85. The van der Waals surface area contributed by atoms with Crippen LogP contribution < -0.4 is 10.1 Å². The first-order valence-electron chi connectivity index (χ1n) is 9.65. The quantitative estimate of drug-likeness (QED) is 0.390. The van der Waals surface area contributed by atoms with E-state index in [1.807, 2.05) is 6.07 Å². The number of hydrogen-bond acceptors (Lipinski definition) is 3. The first kappa shape index (κ1) is 20.0. The fourth-order valence-electron chi connectivity index (χ4n) is 3.08. The molecule has 0 aliphatic heterocycles. The van der Waals surface area contributed by atoms with Crippen molar-refractivity contribution in [2.24, 2.45) is 0 Å². The topological polar surface area (TPSA) is 55.4 Å². The lowest BCUT2D eigenvalue weighted by atomic mass is 10.00. The highest BCUT2D eigenvalue weighted by atomic mass is 19.1. The number of anilines is 1. The maximum atomic E-state index is 15.5. The Balaban J connectivity index is 1.76. The average Bonchev–Trinajstić information content (AvgIpc) is 2.82. The molecule has 152 valence electrons. The number of nitrogens with one attached hydrogen (secondary N) is 1. The van der Waals surface area contributed by atoms with E-state index in [9.17, 15) is 9.59 Å². The first-order chi connectivity index (χ1) is 15.1. The lowest BCUT2D eigenvalue weighted by Crippen LogP contribution is -2.15. The maximum absolute atomic E-state index is 15.5. The molecule has 0 atom stereocenters. The van der Waals surface area contributed by atoms with Crippen molar-refractivity contribution in [2.75, 3.05) is 5.32 Å². The molecular formula is C26H18FNO3. The molecule has 4 rings (SSSR count). The zero-order chi connectivity index (χ0) is 21.6. The van der Waals surface area contributed by atoms with Crippen molar-refractivity contribution in [3.05, 3.63) is 126 Å². The van der Waals surface area contributed by atoms with Gasteiger partial charge >= 0.3 is 0 Å². The van der Waals surface area contributed by atoms with Crippen LogP contribution in [0.5, 0.6) is 11.5 Å². The minimum Gasteiger partial charge on any atom is -0.453 e. The molecule has 1 amide bonds. The van der Waals surface area contributed by atoms with Crippen molar-refractivity contribution in [1.29, 1.82) is 0 Å². The van der Waals surface area contributed by atoms with Gasteiger partial charge in [-0.1, -0.05) is 66.7 Å². The number of amides is 1.